The van der Waals surface area contributed by atoms with Crippen LogP contribution in [0.2, 0.25) is 0 Å². The van der Waals surface area contributed by atoms with E-state index in [0.717, 1.165) is 22.0 Å². The van der Waals surface area contributed by atoms with Gasteiger partial charge in [0.05, 0.1) is 11.7 Å². The Hall–Kier alpha value is -4.71. The summed E-state index contributed by atoms with van der Waals surface area (Å²) in [4.78, 5) is 48.3. The Labute approximate surface area is 227 Å². The van der Waals surface area contributed by atoms with Crippen molar-refractivity contribution in [2.75, 3.05) is 18.1 Å². The van der Waals surface area contributed by atoms with E-state index in [-0.39, 0.29) is 41.3 Å². The molecule has 2 aliphatic rings. The Bertz CT molecular complexity index is 1490. The molecule has 3 aromatic rings. The molecule has 1 saturated heterocycles. The zero-order valence-electron chi connectivity index (χ0n) is 19.9. The van der Waals surface area contributed by atoms with Gasteiger partial charge in [-0.25, -0.2) is 4.57 Å². The van der Waals surface area contributed by atoms with Crippen LogP contribution >= 0.6 is 23.3 Å². The number of aliphatic carboxylic acids is 1. The number of oxime groups is 1. The number of tetrazole rings is 1. The van der Waals surface area contributed by atoms with Gasteiger partial charge in [0.1, 0.15) is 18.0 Å². The number of thioether (sulfide) groups is 1. The first kappa shape index (κ1) is 25.9. The molecule has 0 aliphatic carbocycles. The minimum absolute atomic E-state index is 0.0192. The van der Waals surface area contributed by atoms with E-state index in [1.165, 1.54) is 17.8 Å². The Morgan fingerprint density at radius 1 is 1.41 bits per heavy atom. The summed E-state index contributed by atoms with van der Waals surface area (Å²) in [6.07, 6.45) is 4.90. The van der Waals surface area contributed by atoms with E-state index in [4.69, 9.17) is 10.6 Å². The van der Waals surface area contributed by atoms with Gasteiger partial charge in [0.15, 0.2) is 24.1 Å². The average molecular weight is 570 g/mol. The Kier molecular flexibility index (Phi) is 7.28. The molecule has 0 saturated carbocycles. The number of pyridine rings is 1. The molecule has 2 aliphatic heterocycles. The van der Waals surface area contributed by atoms with Crippen LogP contribution in [0.25, 0.3) is 11.4 Å². The van der Waals surface area contributed by atoms with Gasteiger partial charge in [-0.2, -0.15) is 14.6 Å². The molecular weight excluding hydrogens is 550 g/mol. The number of rotatable bonds is 10. The third-order valence-electron chi connectivity index (χ3n) is 5.61. The van der Waals surface area contributed by atoms with Crippen LogP contribution in [-0.2, 0) is 25.8 Å². The number of carbonyl (C=O) groups excluding carboxylic acids is 3. The number of H-pyrrole nitrogens is 1. The monoisotopic (exact) mass is 569 g/mol. The third kappa shape index (κ3) is 5.18. The van der Waals surface area contributed by atoms with E-state index in [2.05, 4.69) is 47.0 Å². The maximum atomic E-state index is 13.1. The summed E-state index contributed by atoms with van der Waals surface area (Å²) in [5.41, 5.74) is 6.32. The highest BCUT2D eigenvalue weighted by Crippen LogP contribution is 2.40. The number of hydrogen-bond donors (Lipinski definition) is 3. The molecular formula is C21H19N11O5S2. The van der Waals surface area contributed by atoms with Crippen molar-refractivity contribution in [1.29, 1.82) is 0 Å². The number of amides is 2. The van der Waals surface area contributed by atoms with Crippen LogP contribution in [0.15, 0.2) is 53.6 Å². The van der Waals surface area contributed by atoms with Crippen molar-refractivity contribution in [3.63, 3.8) is 0 Å². The van der Waals surface area contributed by atoms with Crippen LogP contribution < -0.4 is 20.7 Å². The second-order valence-corrected chi connectivity index (χ2v) is 9.96. The zero-order valence-corrected chi connectivity index (χ0v) is 21.5. The Balaban J connectivity index is 1.32. The predicted octanol–water partition coefficient (Wildman–Crippen LogP) is -2.40. The lowest BCUT2D eigenvalue weighted by atomic mass is 10.0. The van der Waals surface area contributed by atoms with Gasteiger partial charge in [0.25, 0.3) is 11.8 Å². The molecule has 200 valence electrons. The van der Waals surface area contributed by atoms with Gasteiger partial charge >= 0.3 is 0 Å². The number of β-lactam (4-membered cyclic amide) rings is 1. The molecule has 0 radical (unpaired) electrons. The van der Waals surface area contributed by atoms with Crippen molar-refractivity contribution >= 4 is 51.9 Å². The molecule has 2 atom stereocenters. The fourth-order valence-electron chi connectivity index (χ4n) is 3.89. The van der Waals surface area contributed by atoms with Gasteiger partial charge in [-0.05, 0) is 5.21 Å². The largest absolute Gasteiger partial charge is 0.543 e. The molecule has 0 bridgehead atoms. The van der Waals surface area contributed by atoms with Gasteiger partial charge in [0.2, 0.25) is 17.4 Å². The van der Waals surface area contributed by atoms with E-state index >= 15 is 0 Å². The number of nitrogens with one attached hydrogen (secondary N) is 2. The van der Waals surface area contributed by atoms with Crippen LogP contribution in [0.1, 0.15) is 5.82 Å². The van der Waals surface area contributed by atoms with Crippen LogP contribution in [0.4, 0.5) is 5.13 Å². The minimum atomic E-state index is -1.49. The van der Waals surface area contributed by atoms with E-state index in [1.807, 2.05) is 0 Å². The molecule has 2 amide bonds. The van der Waals surface area contributed by atoms with Gasteiger partial charge in [-0.1, -0.05) is 17.8 Å². The first-order valence-electron chi connectivity index (χ1n) is 11.2. The SMILES string of the molecule is C=CCON=C(C(=O)NC1C(=O)N2C(C(=O)[O-])=C(C[n+]3ccc(-c4nn[nH]n4)cc3)CS[C@H]12)c1nsc(N)n1. The summed E-state index contributed by atoms with van der Waals surface area (Å²) in [5, 5.41) is 31.6. The van der Waals surface area contributed by atoms with E-state index in [1.54, 1.807) is 29.1 Å². The van der Waals surface area contributed by atoms with Gasteiger partial charge in [-0.3, -0.25) is 14.5 Å². The standard InChI is InChI=1S/C21H19N11O5S2/c1-2-7-37-27-12(16-24-21(22)39-28-16)17(33)23-13-18(34)32-14(20(35)36)11(9-38-19(13)32)8-31-5-3-10(4-6-31)15-25-29-30-26-15/h2-6,13,19H,1,7-9H2,(H4,22,23,24,28,33,35,36)/t13?,19-/m1/s1. The molecule has 5 heterocycles. The smallest absolute Gasteiger partial charge is 0.278 e. The summed E-state index contributed by atoms with van der Waals surface area (Å²) >= 11 is 2.17. The molecule has 5 rings (SSSR count). The lowest BCUT2D eigenvalue weighted by Gasteiger charge is -2.50. The molecule has 1 fully saturated rings. The summed E-state index contributed by atoms with van der Waals surface area (Å²) in [6.45, 7) is 3.73. The van der Waals surface area contributed by atoms with E-state index < -0.39 is 29.2 Å². The second kappa shape index (κ2) is 11.0. The van der Waals surface area contributed by atoms with Crippen molar-refractivity contribution in [2.45, 2.75) is 18.0 Å². The number of nitrogen functional groups attached to an aromatic ring is 1. The fraction of sp³-hybridized carbons (Fsp3) is 0.238. The van der Waals surface area contributed by atoms with Crippen molar-refractivity contribution in [3.8, 4) is 11.4 Å². The molecule has 1 unspecified atom stereocenters. The Morgan fingerprint density at radius 2 is 2.21 bits per heavy atom. The van der Waals surface area contributed by atoms with Gasteiger partial charge < -0.3 is 25.8 Å². The fourth-order valence-corrected chi connectivity index (χ4v) is 5.66. The molecule has 0 aromatic carbocycles. The third-order valence-corrected chi connectivity index (χ3v) is 7.49. The maximum absolute atomic E-state index is 13.1. The van der Waals surface area contributed by atoms with Crippen LogP contribution in [0.5, 0.6) is 0 Å². The molecule has 3 aromatic heterocycles. The highest BCUT2D eigenvalue weighted by atomic mass is 32.2. The second-order valence-electron chi connectivity index (χ2n) is 8.08. The molecule has 0 spiro atoms. The number of hydrogen-bond acceptors (Lipinski definition) is 14. The number of fused-ring (bicyclic) bond motifs is 1. The quantitative estimate of drug-likeness (QED) is 0.0581. The van der Waals surface area contributed by atoms with Crippen molar-refractivity contribution in [1.82, 2.24) is 40.2 Å². The molecule has 4 N–H and O–H groups in total. The molecule has 39 heavy (non-hydrogen) atoms. The molecule has 18 heteroatoms. The number of carboxylic acids is 1. The lowest BCUT2D eigenvalue weighted by Crippen LogP contribution is -2.71. The number of nitrogens with zero attached hydrogens (tertiary/aromatic N) is 8. The molecule has 16 nitrogen and oxygen atoms in total. The summed E-state index contributed by atoms with van der Waals surface area (Å²) < 4.78 is 5.73. The van der Waals surface area contributed by atoms with E-state index in [9.17, 15) is 19.5 Å². The van der Waals surface area contributed by atoms with Crippen LogP contribution in [-0.4, -0.2) is 82.2 Å². The zero-order chi connectivity index (χ0) is 27.5. The highest BCUT2D eigenvalue weighted by molar-refractivity contribution is 8.00. The summed E-state index contributed by atoms with van der Waals surface area (Å²) in [7, 11) is 0. The normalized spacial score (nSPS) is 18.8. The maximum Gasteiger partial charge on any atom is 0.278 e. The van der Waals surface area contributed by atoms with Crippen LogP contribution in [0.3, 0.4) is 0 Å². The average Bonchev–Trinajstić information content (AvgIpc) is 3.62. The topological polar surface area (TPSA) is 221 Å². The number of anilines is 1. The predicted molar refractivity (Wildman–Crippen MR) is 134 cm³/mol. The number of nitrogens with two attached hydrogens (primary N) is 1. The Morgan fingerprint density at radius 3 is 2.85 bits per heavy atom. The van der Waals surface area contributed by atoms with Crippen molar-refractivity contribution in [3.05, 3.63) is 54.3 Å². The van der Waals surface area contributed by atoms with Crippen molar-refractivity contribution in [2.24, 2.45) is 5.16 Å². The van der Waals surface area contributed by atoms with Crippen molar-refractivity contribution < 1.29 is 28.9 Å². The lowest BCUT2D eigenvalue weighted by molar-refractivity contribution is -0.689. The van der Waals surface area contributed by atoms with E-state index in [0.29, 0.717) is 11.4 Å². The first-order valence-corrected chi connectivity index (χ1v) is 13.0. The highest BCUT2D eigenvalue weighted by Gasteiger charge is 2.53. The van der Waals surface area contributed by atoms with Gasteiger partial charge in [-0.15, -0.1) is 22.0 Å². The van der Waals surface area contributed by atoms with Gasteiger partial charge in [0, 0.05) is 40.6 Å². The summed E-state index contributed by atoms with van der Waals surface area (Å²) in [6, 6.07) is 2.50. The number of carbonyl (C=O) groups is 3. The first-order chi connectivity index (χ1) is 18.9. The number of aromatic amines is 1. The minimum Gasteiger partial charge on any atom is -0.543 e. The number of aromatic nitrogens is 7. The number of carboxylic acid groups (broad SMARTS) is 1. The summed E-state index contributed by atoms with van der Waals surface area (Å²) in [5.74, 6) is -2.23. The van der Waals surface area contributed by atoms with Crippen LogP contribution in [0, 0.1) is 0 Å².